The molecular formula is C22H17BrClN3O3S. The molecule has 0 saturated heterocycles. The van der Waals surface area contributed by atoms with E-state index in [4.69, 9.17) is 11.6 Å². The first-order valence-corrected chi connectivity index (χ1v) is 11.5. The topological polar surface area (TPSA) is 73.1 Å². The second-order valence-corrected chi connectivity index (χ2v) is 9.30. The Morgan fingerprint density at radius 2 is 1.87 bits per heavy atom. The summed E-state index contributed by atoms with van der Waals surface area (Å²) in [6.07, 6.45) is 0.717. The predicted molar refractivity (Wildman–Crippen MR) is 129 cm³/mol. The fourth-order valence-electron chi connectivity index (χ4n) is 3.23. The first-order valence-electron chi connectivity index (χ1n) is 9.47. The monoisotopic (exact) mass is 517 g/mol. The van der Waals surface area contributed by atoms with Gasteiger partial charge in [-0.1, -0.05) is 40.5 Å². The van der Waals surface area contributed by atoms with Crippen LogP contribution in [0.5, 0.6) is 0 Å². The van der Waals surface area contributed by atoms with Crippen molar-refractivity contribution in [1.82, 2.24) is 9.13 Å². The normalized spacial score (nSPS) is 11.1. The largest absolute Gasteiger partial charge is 0.337 e. The maximum Gasteiger partial charge on any atom is 0.337 e. The summed E-state index contributed by atoms with van der Waals surface area (Å²) in [6.45, 7) is 1.75. The summed E-state index contributed by atoms with van der Waals surface area (Å²) in [4.78, 5) is 40.7. The van der Waals surface area contributed by atoms with Crippen molar-refractivity contribution in [1.29, 1.82) is 0 Å². The Kier molecular flexibility index (Phi) is 6.13. The molecule has 0 aliphatic rings. The number of nitrogens with zero attached hydrogens (tertiary/aromatic N) is 2. The minimum atomic E-state index is -0.588. The maximum absolute atomic E-state index is 13.3. The predicted octanol–water partition coefficient (Wildman–Crippen LogP) is 4.83. The first-order chi connectivity index (χ1) is 14.9. The number of rotatable bonds is 5. The Morgan fingerprint density at radius 3 is 2.55 bits per heavy atom. The van der Waals surface area contributed by atoms with Gasteiger partial charge in [-0.15, -0.1) is 11.3 Å². The number of carbonyl (C=O) groups excluding carboxylic acids is 1. The quantitative estimate of drug-likeness (QED) is 0.411. The second kappa shape index (κ2) is 8.82. The van der Waals surface area contributed by atoms with Gasteiger partial charge in [-0.2, -0.15) is 0 Å². The van der Waals surface area contributed by atoms with Crippen LogP contribution < -0.4 is 16.6 Å². The minimum absolute atomic E-state index is 0.226. The summed E-state index contributed by atoms with van der Waals surface area (Å²) in [5, 5.41) is 3.60. The van der Waals surface area contributed by atoms with Crippen LogP contribution in [-0.4, -0.2) is 15.0 Å². The molecule has 0 bridgehead atoms. The van der Waals surface area contributed by atoms with Gasteiger partial charge in [-0.25, -0.2) is 9.36 Å². The van der Waals surface area contributed by atoms with Crippen LogP contribution in [0.15, 0.2) is 68.7 Å². The SMILES string of the molecule is CCc1cc2c(=O)n(-c3cccc(Cl)c3)c(=O)n(CC(=O)Nc3ccc(Br)cc3)c2s1. The van der Waals surface area contributed by atoms with Crippen molar-refractivity contribution in [2.24, 2.45) is 0 Å². The molecular weight excluding hydrogens is 502 g/mol. The van der Waals surface area contributed by atoms with Gasteiger partial charge >= 0.3 is 5.69 Å². The average Bonchev–Trinajstić information content (AvgIpc) is 3.18. The van der Waals surface area contributed by atoms with Crippen molar-refractivity contribution in [3.8, 4) is 5.69 Å². The summed E-state index contributed by atoms with van der Waals surface area (Å²) in [6, 6.07) is 15.4. The lowest BCUT2D eigenvalue weighted by atomic mass is 10.3. The van der Waals surface area contributed by atoms with Crippen LogP contribution in [0.4, 0.5) is 5.69 Å². The van der Waals surface area contributed by atoms with Crippen molar-refractivity contribution >= 4 is 60.7 Å². The molecule has 2 heterocycles. The van der Waals surface area contributed by atoms with E-state index in [9.17, 15) is 14.4 Å². The number of amides is 1. The third kappa shape index (κ3) is 4.37. The highest BCUT2D eigenvalue weighted by Gasteiger charge is 2.19. The van der Waals surface area contributed by atoms with E-state index in [-0.39, 0.29) is 12.5 Å². The molecule has 1 amide bonds. The molecule has 158 valence electrons. The highest BCUT2D eigenvalue weighted by molar-refractivity contribution is 9.10. The molecule has 4 rings (SSSR count). The number of aryl methyl sites for hydroxylation is 1. The maximum atomic E-state index is 13.3. The van der Waals surface area contributed by atoms with E-state index in [1.54, 1.807) is 42.5 Å². The number of fused-ring (bicyclic) bond motifs is 1. The van der Waals surface area contributed by atoms with Crippen molar-refractivity contribution in [2.45, 2.75) is 19.9 Å². The molecule has 4 aromatic rings. The molecule has 0 aliphatic heterocycles. The van der Waals surface area contributed by atoms with Crippen LogP contribution in [0.25, 0.3) is 15.9 Å². The molecule has 2 aromatic heterocycles. The van der Waals surface area contributed by atoms with Gasteiger partial charge in [0.15, 0.2) is 0 Å². The summed E-state index contributed by atoms with van der Waals surface area (Å²) in [5.74, 6) is -0.367. The standard InChI is InChI=1S/C22H17BrClN3O3S/c1-2-17-11-18-20(29)27(16-5-3-4-14(24)10-16)22(30)26(21(18)31-17)12-19(28)25-15-8-6-13(23)7-9-15/h3-11H,2,12H2,1H3,(H,25,28). The zero-order valence-electron chi connectivity index (χ0n) is 16.4. The van der Waals surface area contributed by atoms with Crippen LogP contribution in [-0.2, 0) is 17.8 Å². The summed E-state index contributed by atoms with van der Waals surface area (Å²) >= 11 is 10.8. The summed E-state index contributed by atoms with van der Waals surface area (Å²) < 4.78 is 3.30. The van der Waals surface area contributed by atoms with Crippen LogP contribution in [0.2, 0.25) is 5.02 Å². The first kappa shape index (κ1) is 21.5. The Balaban J connectivity index is 1.84. The van der Waals surface area contributed by atoms with Crippen molar-refractivity contribution < 1.29 is 4.79 Å². The fourth-order valence-corrected chi connectivity index (χ4v) is 4.76. The lowest BCUT2D eigenvalue weighted by molar-refractivity contribution is -0.116. The molecule has 9 heteroatoms. The number of hydrogen-bond acceptors (Lipinski definition) is 4. The molecule has 0 unspecified atom stereocenters. The van der Waals surface area contributed by atoms with Gasteiger partial charge in [0.1, 0.15) is 11.4 Å². The Bertz CT molecular complexity index is 1410. The molecule has 0 saturated carbocycles. The molecule has 31 heavy (non-hydrogen) atoms. The average molecular weight is 519 g/mol. The van der Waals surface area contributed by atoms with E-state index < -0.39 is 11.2 Å². The van der Waals surface area contributed by atoms with Gasteiger partial charge in [-0.05, 0) is 55.0 Å². The summed E-state index contributed by atoms with van der Waals surface area (Å²) in [5.41, 5.74) is -0.0465. The number of hydrogen-bond donors (Lipinski definition) is 1. The molecule has 0 aliphatic carbocycles. The molecule has 1 N–H and O–H groups in total. The van der Waals surface area contributed by atoms with Gasteiger partial charge in [0.25, 0.3) is 5.56 Å². The summed E-state index contributed by atoms with van der Waals surface area (Å²) in [7, 11) is 0. The van der Waals surface area contributed by atoms with E-state index in [0.29, 0.717) is 26.6 Å². The van der Waals surface area contributed by atoms with Crippen molar-refractivity contribution in [2.75, 3.05) is 5.32 Å². The fraction of sp³-hybridized carbons (Fsp3) is 0.136. The van der Waals surface area contributed by atoms with E-state index in [0.717, 1.165) is 20.3 Å². The van der Waals surface area contributed by atoms with E-state index in [1.165, 1.54) is 15.9 Å². The number of nitrogens with one attached hydrogen (secondary N) is 1. The number of anilines is 1. The molecule has 2 aromatic carbocycles. The van der Waals surface area contributed by atoms with Gasteiger partial charge in [0, 0.05) is 20.1 Å². The van der Waals surface area contributed by atoms with Crippen LogP contribution in [0.1, 0.15) is 11.8 Å². The number of carbonyl (C=O) groups is 1. The highest BCUT2D eigenvalue weighted by atomic mass is 79.9. The molecule has 0 radical (unpaired) electrons. The van der Waals surface area contributed by atoms with Crippen molar-refractivity contribution in [3.63, 3.8) is 0 Å². The minimum Gasteiger partial charge on any atom is -0.325 e. The highest BCUT2D eigenvalue weighted by Crippen LogP contribution is 2.24. The van der Waals surface area contributed by atoms with Crippen molar-refractivity contribution in [3.05, 3.63) is 89.8 Å². The lowest BCUT2D eigenvalue weighted by Crippen LogP contribution is -2.40. The number of halogens is 2. The third-order valence-corrected chi connectivity index (χ3v) is 6.78. The zero-order chi connectivity index (χ0) is 22.1. The van der Waals surface area contributed by atoms with Gasteiger partial charge in [0.05, 0.1) is 11.1 Å². The Labute approximate surface area is 194 Å². The Hall–Kier alpha value is -2.68. The van der Waals surface area contributed by atoms with Gasteiger partial charge < -0.3 is 5.32 Å². The van der Waals surface area contributed by atoms with E-state index in [2.05, 4.69) is 21.2 Å². The number of benzene rings is 2. The van der Waals surface area contributed by atoms with Gasteiger partial charge in [0.2, 0.25) is 5.91 Å². The van der Waals surface area contributed by atoms with Crippen LogP contribution in [0, 0.1) is 0 Å². The molecule has 6 nitrogen and oxygen atoms in total. The molecule has 0 fully saturated rings. The van der Waals surface area contributed by atoms with Crippen LogP contribution >= 0.6 is 38.9 Å². The number of thiophene rings is 1. The zero-order valence-corrected chi connectivity index (χ0v) is 19.6. The lowest BCUT2D eigenvalue weighted by Gasteiger charge is -2.12. The Morgan fingerprint density at radius 1 is 1.13 bits per heavy atom. The molecule has 0 atom stereocenters. The number of aromatic nitrogens is 2. The third-order valence-electron chi connectivity index (χ3n) is 4.71. The van der Waals surface area contributed by atoms with E-state index >= 15 is 0 Å². The van der Waals surface area contributed by atoms with Gasteiger partial charge in [-0.3, -0.25) is 14.2 Å². The second-order valence-electron chi connectivity index (χ2n) is 6.83. The van der Waals surface area contributed by atoms with E-state index in [1.807, 2.05) is 19.1 Å². The van der Waals surface area contributed by atoms with Crippen LogP contribution in [0.3, 0.4) is 0 Å². The molecule has 0 spiro atoms. The smallest absolute Gasteiger partial charge is 0.325 e.